The van der Waals surface area contributed by atoms with E-state index < -0.39 is 0 Å². The van der Waals surface area contributed by atoms with Crippen molar-refractivity contribution in [2.45, 2.75) is 83.3 Å². The number of benzene rings is 1. The fourth-order valence-electron chi connectivity index (χ4n) is 8.69. The molecule has 216 valence electrons. The number of alkyl halides is 2. The highest BCUT2D eigenvalue weighted by Crippen LogP contribution is 2.62. The summed E-state index contributed by atoms with van der Waals surface area (Å²) in [7, 11) is 0. The molecule has 4 fully saturated rings. The van der Waals surface area contributed by atoms with Crippen LogP contribution in [0, 0.1) is 29.1 Å². The molecule has 1 aromatic carbocycles. The standard InChI is InChI=1S/C31H44Cl2N2O4/c1-30-13-11-24(39-29(37)20-38-23-6-4-22(5-7-23)35(17-15-32)18-16-33)19-21(30)3-8-25-26(30)12-14-31(2)27(25)9-10-28(36)34-31/h4-7,21,24-27H,3,8-20H2,1-2H3,(H,34,36)/t21-,24+,25+,26-,27+,30+,31+/m0/s1. The van der Waals surface area contributed by atoms with Crippen LogP contribution < -0.4 is 15.0 Å². The smallest absolute Gasteiger partial charge is 0.344 e. The molecular weight excluding hydrogens is 535 g/mol. The maximum atomic E-state index is 12.7. The van der Waals surface area contributed by atoms with Crippen molar-refractivity contribution < 1.29 is 19.1 Å². The summed E-state index contributed by atoms with van der Waals surface area (Å²) < 4.78 is 11.7. The number of ether oxygens (including phenoxy) is 2. The molecule has 0 unspecified atom stereocenters. The Morgan fingerprint density at radius 2 is 1.74 bits per heavy atom. The zero-order valence-electron chi connectivity index (χ0n) is 23.4. The fourth-order valence-corrected chi connectivity index (χ4v) is 9.10. The van der Waals surface area contributed by atoms with Crippen molar-refractivity contribution in [3.63, 3.8) is 0 Å². The third-order valence-electron chi connectivity index (χ3n) is 10.7. The molecule has 3 saturated carbocycles. The number of anilines is 1. The van der Waals surface area contributed by atoms with Gasteiger partial charge in [-0.3, -0.25) is 4.79 Å². The quantitative estimate of drug-likeness (QED) is 0.280. The third kappa shape index (κ3) is 6.02. The maximum absolute atomic E-state index is 12.7. The Kier molecular flexibility index (Phi) is 8.92. The first-order chi connectivity index (χ1) is 18.8. The number of esters is 1. The number of carbonyl (C=O) groups is 2. The number of halogens is 2. The van der Waals surface area contributed by atoms with Crippen molar-refractivity contribution in [3.8, 4) is 5.75 Å². The Hall–Kier alpha value is -1.66. The van der Waals surface area contributed by atoms with Crippen molar-refractivity contribution in [2.24, 2.45) is 29.1 Å². The van der Waals surface area contributed by atoms with E-state index in [0.29, 0.717) is 53.0 Å². The second kappa shape index (κ2) is 12.1. The van der Waals surface area contributed by atoms with E-state index in [4.69, 9.17) is 32.7 Å². The number of nitrogens with zero attached hydrogens (tertiary/aromatic N) is 1. The lowest BCUT2D eigenvalue weighted by Crippen LogP contribution is -2.63. The normalized spacial score (nSPS) is 35.6. The Morgan fingerprint density at radius 3 is 2.46 bits per heavy atom. The fraction of sp³-hybridized carbons (Fsp3) is 0.742. The van der Waals surface area contributed by atoms with Gasteiger partial charge in [-0.05, 0) is 112 Å². The predicted octanol–water partition coefficient (Wildman–Crippen LogP) is 6.17. The summed E-state index contributed by atoms with van der Waals surface area (Å²) in [6.07, 6.45) is 9.37. The van der Waals surface area contributed by atoms with Gasteiger partial charge in [0, 0.05) is 42.5 Å². The van der Waals surface area contributed by atoms with Crippen LogP contribution in [0.5, 0.6) is 5.75 Å². The van der Waals surface area contributed by atoms with Crippen LogP contribution in [0.1, 0.15) is 71.6 Å². The van der Waals surface area contributed by atoms with Crippen LogP contribution in [-0.2, 0) is 14.3 Å². The van der Waals surface area contributed by atoms with Gasteiger partial charge < -0.3 is 19.7 Å². The van der Waals surface area contributed by atoms with Crippen LogP contribution in [-0.4, -0.2) is 55.0 Å². The van der Waals surface area contributed by atoms with Crippen LogP contribution in [0.2, 0.25) is 0 Å². The largest absolute Gasteiger partial charge is 0.482 e. The van der Waals surface area contributed by atoms with Gasteiger partial charge in [0.1, 0.15) is 11.9 Å². The van der Waals surface area contributed by atoms with E-state index in [9.17, 15) is 9.59 Å². The lowest BCUT2D eigenvalue weighted by atomic mass is 9.45. The second-order valence-corrected chi connectivity index (χ2v) is 13.5. The highest BCUT2D eigenvalue weighted by Gasteiger charge is 2.58. The molecule has 4 aliphatic rings. The van der Waals surface area contributed by atoms with Gasteiger partial charge in [-0.25, -0.2) is 4.79 Å². The molecule has 1 aromatic rings. The monoisotopic (exact) mass is 578 g/mol. The molecular formula is C31H44Cl2N2O4. The lowest BCUT2D eigenvalue weighted by Gasteiger charge is -2.62. The van der Waals surface area contributed by atoms with Crippen LogP contribution in [0.25, 0.3) is 0 Å². The Balaban J connectivity index is 1.12. The number of hydrogen-bond donors (Lipinski definition) is 1. The van der Waals surface area contributed by atoms with Crippen LogP contribution in [0.15, 0.2) is 24.3 Å². The number of nitrogens with one attached hydrogen (secondary N) is 1. The molecule has 1 aliphatic heterocycles. The molecule has 6 nitrogen and oxygen atoms in total. The van der Waals surface area contributed by atoms with Gasteiger partial charge in [0.25, 0.3) is 0 Å². The highest BCUT2D eigenvalue weighted by molar-refractivity contribution is 6.18. The summed E-state index contributed by atoms with van der Waals surface area (Å²) in [6.45, 7) is 6.15. The number of amides is 1. The molecule has 0 spiro atoms. The van der Waals surface area contributed by atoms with Crippen molar-refractivity contribution in [3.05, 3.63) is 24.3 Å². The summed E-state index contributed by atoms with van der Waals surface area (Å²) in [6, 6.07) is 7.67. The lowest BCUT2D eigenvalue weighted by molar-refractivity contribution is -0.164. The summed E-state index contributed by atoms with van der Waals surface area (Å²) in [5.41, 5.74) is 1.30. The van der Waals surface area contributed by atoms with E-state index in [1.807, 2.05) is 24.3 Å². The predicted molar refractivity (Wildman–Crippen MR) is 156 cm³/mol. The van der Waals surface area contributed by atoms with Gasteiger partial charge in [0.15, 0.2) is 6.61 Å². The minimum atomic E-state index is -0.293. The van der Waals surface area contributed by atoms with E-state index >= 15 is 0 Å². The van der Waals surface area contributed by atoms with Crippen LogP contribution in [0.4, 0.5) is 5.69 Å². The number of rotatable bonds is 9. The molecule has 3 aliphatic carbocycles. The van der Waals surface area contributed by atoms with Gasteiger partial charge >= 0.3 is 5.97 Å². The third-order valence-corrected chi connectivity index (χ3v) is 11.0. The van der Waals surface area contributed by atoms with Gasteiger partial charge in [-0.2, -0.15) is 0 Å². The number of carbonyl (C=O) groups excluding carboxylic acids is 2. The second-order valence-electron chi connectivity index (χ2n) is 12.7. The molecule has 0 aromatic heterocycles. The Morgan fingerprint density at radius 1 is 1.00 bits per heavy atom. The molecule has 5 rings (SSSR count). The van der Waals surface area contributed by atoms with Crippen molar-refractivity contribution in [2.75, 3.05) is 36.4 Å². The highest BCUT2D eigenvalue weighted by atomic mass is 35.5. The zero-order chi connectivity index (χ0) is 27.6. The zero-order valence-corrected chi connectivity index (χ0v) is 24.9. The SMILES string of the molecule is C[C@@]12CC[C@@H](OC(=O)COc3ccc(N(CCCl)CCCl)cc3)C[C@@H]1CC[C@H]1[C@H]3CCC(=O)N[C@]3(C)CC[C@@H]12. The Bertz CT molecular complexity index is 1020. The number of piperidine rings is 1. The molecule has 0 radical (unpaired) electrons. The number of hydrogen-bond acceptors (Lipinski definition) is 5. The van der Waals surface area contributed by atoms with E-state index in [1.165, 1.54) is 19.3 Å². The van der Waals surface area contributed by atoms with E-state index in [1.54, 1.807) is 0 Å². The Labute approximate surface area is 243 Å². The maximum Gasteiger partial charge on any atom is 0.344 e. The summed E-state index contributed by atoms with van der Waals surface area (Å²) >= 11 is 11.8. The topological polar surface area (TPSA) is 67.9 Å². The summed E-state index contributed by atoms with van der Waals surface area (Å²) in [5.74, 6) is 4.22. The molecule has 0 bridgehead atoms. The van der Waals surface area contributed by atoms with Crippen LogP contribution >= 0.6 is 23.2 Å². The van der Waals surface area contributed by atoms with Gasteiger partial charge in [0.05, 0.1) is 0 Å². The van der Waals surface area contributed by atoms with Crippen LogP contribution in [0.3, 0.4) is 0 Å². The first kappa shape index (κ1) is 28.9. The molecule has 8 heteroatoms. The average molecular weight is 580 g/mol. The molecule has 1 heterocycles. The first-order valence-electron chi connectivity index (χ1n) is 14.9. The minimum absolute atomic E-state index is 0.0272. The van der Waals surface area contributed by atoms with Crippen molar-refractivity contribution in [1.82, 2.24) is 5.32 Å². The first-order valence-corrected chi connectivity index (χ1v) is 15.9. The van der Waals surface area contributed by atoms with E-state index in [0.717, 1.165) is 50.9 Å². The summed E-state index contributed by atoms with van der Waals surface area (Å²) in [5, 5.41) is 3.36. The molecule has 1 amide bonds. The van der Waals surface area contributed by atoms with Gasteiger partial charge in [0.2, 0.25) is 5.91 Å². The number of fused-ring (bicyclic) bond motifs is 5. The summed E-state index contributed by atoms with van der Waals surface area (Å²) in [4.78, 5) is 27.0. The van der Waals surface area contributed by atoms with Crippen molar-refractivity contribution >= 4 is 40.8 Å². The van der Waals surface area contributed by atoms with E-state index in [-0.39, 0.29) is 30.1 Å². The van der Waals surface area contributed by atoms with Gasteiger partial charge in [-0.1, -0.05) is 6.92 Å². The molecule has 39 heavy (non-hydrogen) atoms. The average Bonchev–Trinajstić information content (AvgIpc) is 2.91. The molecule has 1 N–H and O–H groups in total. The minimum Gasteiger partial charge on any atom is -0.482 e. The van der Waals surface area contributed by atoms with Gasteiger partial charge in [-0.15, -0.1) is 23.2 Å². The molecule has 7 atom stereocenters. The molecule has 1 saturated heterocycles. The van der Waals surface area contributed by atoms with Crippen molar-refractivity contribution in [1.29, 1.82) is 0 Å². The van der Waals surface area contributed by atoms with E-state index in [2.05, 4.69) is 24.1 Å².